The standard InChI is InChI=1S/C11H11BrO/c1-7(2)11(13)9-5-4-8(3)6-10(9)12/h4-6H,1H2,2-3H3. The summed E-state index contributed by atoms with van der Waals surface area (Å²) in [6, 6.07) is 5.66. The molecule has 1 nitrogen and oxygen atoms in total. The van der Waals surface area contributed by atoms with Crippen molar-refractivity contribution < 1.29 is 4.79 Å². The molecule has 0 amide bonds. The summed E-state index contributed by atoms with van der Waals surface area (Å²) in [6.07, 6.45) is 0. The number of carbonyl (C=O) groups excluding carboxylic acids is 1. The van der Waals surface area contributed by atoms with E-state index in [1.807, 2.05) is 25.1 Å². The summed E-state index contributed by atoms with van der Waals surface area (Å²) >= 11 is 3.35. The van der Waals surface area contributed by atoms with Crippen LogP contribution in [0.3, 0.4) is 0 Å². The van der Waals surface area contributed by atoms with E-state index in [-0.39, 0.29) is 5.78 Å². The fourth-order valence-corrected chi connectivity index (χ4v) is 1.71. The molecule has 1 aromatic rings. The number of aryl methyl sites for hydroxylation is 1. The van der Waals surface area contributed by atoms with Gasteiger partial charge < -0.3 is 0 Å². The average Bonchev–Trinajstić information content (AvgIpc) is 2.03. The first-order valence-corrected chi connectivity index (χ1v) is 4.78. The van der Waals surface area contributed by atoms with E-state index in [4.69, 9.17) is 0 Å². The first kappa shape index (κ1) is 10.2. The van der Waals surface area contributed by atoms with Crippen LogP contribution in [0.2, 0.25) is 0 Å². The molecule has 0 radical (unpaired) electrons. The quantitative estimate of drug-likeness (QED) is 0.570. The van der Waals surface area contributed by atoms with Crippen molar-refractivity contribution in [2.45, 2.75) is 13.8 Å². The van der Waals surface area contributed by atoms with Crippen molar-refractivity contribution in [3.8, 4) is 0 Å². The molecule has 0 spiro atoms. The summed E-state index contributed by atoms with van der Waals surface area (Å²) in [5.74, 6) is -0.00752. The summed E-state index contributed by atoms with van der Waals surface area (Å²) in [5.41, 5.74) is 2.37. The van der Waals surface area contributed by atoms with Crippen LogP contribution in [-0.4, -0.2) is 5.78 Å². The Morgan fingerprint density at radius 2 is 2.08 bits per heavy atom. The molecule has 1 aromatic carbocycles. The number of hydrogen-bond acceptors (Lipinski definition) is 1. The highest BCUT2D eigenvalue weighted by molar-refractivity contribution is 9.10. The van der Waals surface area contributed by atoms with Crippen LogP contribution in [-0.2, 0) is 0 Å². The van der Waals surface area contributed by atoms with Gasteiger partial charge in [0.15, 0.2) is 5.78 Å². The van der Waals surface area contributed by atoms with Gasteiger partial charge in [-0.05, 0) is 37.1 Å². The molecule has 0 saturated heterocycles. The van der Waals surface area contributed by atoms with Gasteiger partial charge >= 0.3 is 0 Å². The molecule has 0 saturated carbocycles. The topological polar surface area (TPSA) is 17.1 Å². The highest BCUT2D eigenvalue weighted by Gasteiger charge is 2.09. The third-order valence-corrected chi connectivity index (χ3v) is 2.41. The Morgan fingerprint density at radius 3 is 2.54 bits per heavy atom. The summed E-state index contributed by atoms with van der Waals surface area (Å²) in [4.78, 5) is 11.5. The molecule has 0 fully saturated rings. The van der Waals surface area contributed by atoms with Crippen molar-refractivity contribution >= 4 is 21.7 Å². The Balaban J connectivity index is 3.16. The SMILES string of the molecule is C=C(C)C(=O)c1ccc(C)cc1Br. The van der Waals surface area contributed by atoms with Crippen molar-refractivity contribution in [3.63, 3.8) is 0 Å². The maximum Gasteiger partial charge on any atom is 0.189 e. The van der Waals surface area contributed by atoms with Crippen molar-refractivity contribution in [1.29, 1.82) is 0 Å². The van der Waals surface area contributed by atoms with E-state index in [2.05, 4.69) is 22.5 Å². The minimum Gasteiger partial charge on any atom is -0.289 e. The molecule has 0 aliphatic rings. The molecule has 0 aromatic heterocycles. The van der Waals surface area contributed by atoms with Crippen molar-refractivity contribution in [2.75, 3.05) is 0 Å². The van der Waals surface area contributed by atoms with Gasteiger partial charge in [0.1, 0.15) is 0 Å². The first-order valence-electron chi connectivity index (χ1n) is 3.98. The highest BCUT2D eigenvalue weighted by Crippen LogP contribution is 2.20. The second-order valence-electron chi connectivity index (χ2n) is 3.09. The molecule has 0 bridgehead atoms. The molecular weight excluding hydrogens is 228 g/mol. The normalized spacial score (nSPS) is 9.77. The van der Waals surface area contributed by atoms with E-state index in [0.717, 1.165) is 10.0 Å². The van der Waals surface area contributed by atoms with Gasteiger partial charge in [0, 0.05) is 10.0 Å². The summed E-state index contributed by atoms with van der Waals surface area (Å²) in [5, 5.41) is 0. The average molecular weight is 239 g/mol. The molecule has 0 aliphatic heterocycles. The Bertz CT molecular complexity index is 366. The number of Topliss-reactive ketones (excluding diaryl/α,β-unsaturated/α-hetero) is 1. The van der Waals surface area contributed by atoms with Crippen LogP contribution < -0.4 is 0 Å². The number of carbonyl (C=O) groups is 1. The smallest absolute Gasteiger partial charge is 0.189 e. The zero-order chi connectivity index (χ0) is 10.0. The van der Waals surface area contributed by atoms with Gasteiger partial charge in [-0.25, -0.2) is 0 Å². The molecule has 0 N–H and O–H groups in total. The lowest BCUT2D eigenvalue weighted by molar-refractivity contribution is 0.103. The van der Waals surface area contributed by atoms with Crippen LogP contribution >= 0.6 is 15.9 Å². The Morgan fingerprint density at radius 1 is 1.46 bits per heavy atom. The number of hydrogen-bond donors (Lipinski definition) is 0. The van der Waals surface area contributed by atoms with Crippen LogP contribution in [0.15, 0.2) is 34.8 Å². The maximum absolute atomic E-state index is 11.5. The fourth-order valence-electron chi connectivity index (χ4n) is 1.03. The number of halogens is 1. The molecule has 0 unspecified atom stereocenters. The molecule has 2 heteroatoms. The molecule has 13 heavy (non-hydrogen) atoms. The van der Waals surface area contributed by atoms with E-state index >= 15 is 0 Å². The lowest BCUT2D eigenvalue weighted by Gasteiger charge is -2.03. The third kappa shape index (κ3) is 2.28. The van der Waals surface area contributed by atoms with Crippen LogP contribution in [0.1, 0.15) is 22.8 Å². The van der Waals surface area contributed by atoms with Gasteiger partial charge in [0.05, 0.1) is 0 Å². The minimum atomic E-state index is -0.00752. The van der Waals surface area contributed by atoms with Crippen molar-refractivity contribution in [1.82, 2.24) is 0 Å². The molecular formula is C11H11BrO. The molecule has 1 rings (SSSR count). The second-order valence-corrected chi connectivity index (χ2v) is 3.95. The van der Waals surface area contributed by atoms with Gasteiger partial charge in [-0.2, -0.15) is 0 Å². The summed E-state index contributed by atoms with van der Waals surface area (Å²) in [6.45, 7) is 7.33. The Labute approximate surface area is 86.6 Å². The van der Waals surface area contributed by atoms with E-state index < -0.39 is 0 Å². The Kier molecular flexibility index (Phi) is 3.04. The van der Waals surface area contributed by atoms with Crippen LogP contribution in [0.4, 0.5) is 0 Å². The van der Waals surface area contributed by atoms with E-state index in [1.165, 1.54) is 0 Å². The van der Waals surface area contributed by atoms with Crippen LogP contribution in [0, 0.1) is 6.92 Å². The Hall–Kier alpha value is -0.890. The first-order chi connectivity index (χ1) is 6.02. The molecule has 0 atom stereocenters. The van der Waals surface area contributed by atoms with Gasteiger partial charge in [0.2, 0.25) is 0 Å². The minimum absolute atomic E-state index is 0.00752. The number of benzene rings is 1. The van der Waals surface area contributed by atoms with Gasteiger partial charge in [-0.1, -0.05) is 28.6 Å². The summed E-state index contributed by atoms with van der Waals surface area (Å²) in [7, 11) is 0. The molecule has 0 aliphatic carbocycles. The van der Waals surface area contributed by atoms with E-state index in [0.29, 0.717) is 11.1 Å². The monoisotopic (exact) mass is 238 g/mol. The van der Waals surface area contributed by atoms with Crippen LogP contribution in [0.25, 0.3) is 0 Å². The lowest BCUT2D eigenvalue weighted by Crippen LogP contribution is -2.00. The number of allylic oxidation sites excluding steroid dienone is 1. The zero-order valence-electron chi connectivity index (χ0n) is 7.73. The van der Waals surface area contributed by atoms with Crippen molar-refractivity contribution in [3.05, 3.63) is 46.0 Å². The fraction of sp³-hybridized carbons (Fsp3) is 0.182. The third-order valence-electron chi connectivity index (χ3n) is 1.76. The van der Waals surface area contributed by atoms with E-state index in [9.17, 15) is 4.79 Å². The van der Waals surface area contributed by atoms with Gasteiger partial charge in [0.25, 0.3) is 0 Å². The maximum atomic E-state index is 11.5. The zero-order valence-corrected chi connectivity index (χ0v) is 9.31. The number of rotatable bonds is 2. The van der Waals surface area contributed by atoms with Gasteiger partial charge in [-0.3, -0.25) is 4.79 Å². The van der Waals surface area contributed by atoms with Crippen molar-refractivity contribution in [2.24, 2.45) is 0 Å². The predicted molar refractivity (Wildman–Crippen MR) is 58.0 cm³/mol. The molecule has 0 heterocycles. The van der Waals surface area contributed by atoms with Gasteiger partial charge in [-0.15, -0.1) is 0 Å². The van der Waals surface area contributed by atoms with E-state index in [1.54, 1.807) is 6.92 Å². The van der Waals surface area contributed by atoms with Crippen LogP contribution in [0.5, 0.6) is 0 Å². The molecule has 68 valence electrons. The predicted octanol–water partition coefficient (Wildman–Crippen LogP) is 3.52. The lowest BCUT2D eigenvalue weighted by atomic mass is 10.0. The largest absolute Gasteiger partial charge is 0.289 e. The highest BCUT2D eigenvalue weighted by atomic mass is 79.9. The number of ketones is 1. The summed E-state index contributed by atoms with van der Waals surface area (Å²) < 4.78 is 0.834. The second kappa shape index (κ2) is 3.88.